The van der Waals surface area contributed by atoms with Crippen LogP contribution in [0.15, 0.2) is 0 Å². The predicted molar refractivity (Wildman–Crippen MR) is 72.0 cm³/mol. The van der Waals surface area contributed by atoms with Gasteiger partial charge in [-0.3, -0.25) is 10.1 Å². The SMILES string of the molecule is CC(C)CC1NC2(CC2)C(=O)N1C1CCCC1C. The molecule has 2 saturated carbocycles. The van der Waals surface area contributed by atoms with E-state index in [0.29, 0.717) is 30.0 Å². The minimum absolute atomic E-state index is 0.137. The van der Waals surface area contributed by atoms with Crippen molar-refractivity contribution in [2.45, 2.75) is 77.0 Å². The molecule has 18 heavy (non-hydrogen) atoms. The number of hydrogen-bond acceptors (Lipinski definition) is 2. The first-order valence-corrected chi connectivity index (χ1v) is 7.64. The smallest absolute Gasteiger partial charge is 0.244 e. The van der Waals surface area contributed by atoms with Crippen LogP contribution >= 0.6 is 0 Å². The fourth-order valence-electron chi connectivity index (χ4n) is 3.86. The third-order valence-corrected chi connectivity index (χ3v) is 5.04. The Kier molecular flexibility index (Phi) is 2.92. The summed E-state index contributed by atoms with van der Waals surface area (Å²) in [4.78, 5) is 14.9. The van der Waals surface area contributed by atoms with Crippen molar-refractivity contribution in [2.75, 3.05) is 0 Å². The molecule has 3 aliphatic rings. The van der Waals surface area contributed by atoms with Gasteiger partial charge in [0.05, 0.1) is 11.7 Å². The van der Waals surface area contributed by atoms with Crippen LogP contribution < -0.4 is 5.32 Å². The Bertz CT molecular complexity index is 348. The normalized spacial score (nSPS) is 38.1. The summed E-state index contributed by atoms with van der Waals surface area (Å²) >= 11 is 0. The first-order chi connectivity index (χ1) is 8.53. The number of amides is 1. The van der Waals surface area contributed by atoms with Crippen molar-refractivity contribution >= 4 is 5.91 Å². The van der Waals surface area contributed by atoms with Gasteiger partial charge < -0.3 is 4.90 Å². The Morgan fingerprint density at radius 2 is 2.11 bits per heavy atom. The second-order valence-electron chi connectivity index (χ2n) is 7.06. The zero-order valence-corrected chi connectivity index (χ0v) is 11.9. The Labute approximate surface area is 110 Å². The molecule has 3 rings (SSSR count). The van der Waals surface area contributed by atoms with Crippen molar-refractivity contribution in [1.29, 1.82) is 0 Å². The molecule has 1 spiro atoms. The van der Waals surface area contributed by atoms with Gasteiger partial charge >= 0.3 is 0 Å². The van der Waals surface area contributed by atoms with Gasteiger partial charge in [0.15, 0.2) is 0 Å². The van der Waals surface area contributed by atoms with Gasteiger partial charge in [-0.2, -0.15) is 0 Å². The largest absolute Gasteiger partial charge is 0.322 e. The number of carbonyl (C=O) groups is 1. The van der Waals surface area contributed by atoms with Gasteiger partial charge in [-0.15, -0.1) is 0 Å². The van der Waals surface area contributed by atoms with Gasteiger partial charge in [0.25, 0.3) is 0 Å². The Morgan fingerprint density at radius 3 is 2.61 bits per heavy atom. The predicted octanol–water partition coefficient (Wildman–Crippen LogP) is 2.51. The molecule has 3 fully saturated rings. The van der Waals surface area contributed by atoms with Crippen molar-refractivity contribution in [2.24, 2.45) is 11.8 Å². The molecule has 0 bridgehead atoms. The fraction of sp³-hybridized carbons (Fsp3) is 0.933. The Morgan fingerprint density at radius 1 is 1.39 bits per heavy atom. The van der Waals surface area contributed by atoms with Crippen LogP contribution in [0.4, 0.5) is 0 Å². The zero-order valence-electron chi connectivity index (χ0n) is 11.9. The van der Waals surface area contributed by atoms with Gasteiger partial charge in [0, 0.05) is 6.04 Å². The van der Waals surface area contributed by atoms with E-state index in [0.717, 1.165) is 19.3 Å². The molecule has 3 atom stereocenters. The van der Waals surface area contributed by atoms with Gasteiger partial charge in [0.1, 0.15) is 0 Å². The van der Waals surface area contributed by atoms with E-state index in [4.69, 9.17) is 0 Å². The molecule has 3 heteroatoms. The summed E-state index contributed by atoms with van der Waals surface area (Å²) in [7, 11) is 0. The molecule has 0 aromatic heterocycles. The van der Waals surface area contributed by atoms with Gasteiger partial charge in [-0.25, -0.2) is 0 Å². The van der Waals surface area contributed by atoms with E-state index < -0.39 is 0 Å². The van der Waals surface area contributed by atoms with Crippen molar-refractivity contribution < 1.29 is 4.79 Å². The molecule has 2 aliphatic carbocycles. The first kappa shape index (κ1) is 12.5. The van der Waals surface area contributed by atoms with Crippen LogP contribution in [-0.4, -0.2) is 28.6 Å². The highest BCUT2D eigenvalue weighted by Crippen LogP contribution is 2.46. The minimum atomic E-state index is -0.137. The van der Waals surface area contributed by atoms with Gasteiger partial charge in [-0.1, -0.05) is 27.2 Å². The highest BCUT2D eigenvalue weighted by Gasteiger charge is 2.60. The van der Waals surface area contributed by atoms with Gasteiger partial charge in [-0.05, 0) is 43.9 Å². The Hall–Kier alpha value is -0.570. The van der Waals surface area contributed by atoms with Crippen LogP contribution in [0.3, 0.4) is 0 Å². The number of nitrogens with zero attached hydrogens (tertiary/aromatic N) is 1. The van der Waals surface area contributed by atoms with Crippen LogP contribution in [0, 0.1) is 11.8 Å². The maximum absolute atomic E-state index is 12.7. The van der Waals surface area contributed by atoms with E-state index in [9.17, 15) is 4.79 Å². The molecule has 1 amide bonds. The third-order valence-electron chi connectivity index (χ3n) is 5.04. The molecule has 102 valence electrons. The summed E-state index contributed by atoms with van der Waals surface area (Å²) in [6, 6.07) is 0.494. The molecule has 0 aromatic rings. The lowest BCUT2D eigenvalue weighted by Crippen LogP contribution is -2.46. The van der Waals surface area contributed by atoms with Crippen LogP contribution in [0.1, 0.15) is 59.3 Å². The molecular weight excluding hydrogens is 224 g/mol. The summed E-state index contributed by atoms with van der Waals surface area (Å²) in [5, 5.41) is 3.65. The maximum Gasteiger partial charge on any atom is 0.244 e. The topological polar surface area (TPSA) is 32.3 Å². The van der Waals surface area contributed by atoms with E-state index >= 15 is 0 Å². The van der Waals surface area contributed by atoms with Crippen LogP contribution in [0.2, 0.25) is 0 Å². The lowest BCUT2D eigenvalue weighted by molar-refractivity contribution is -0.133. The summed E-state index contributed by atoms with van der Waals surface area (Å²) in [6.07, 6.45) is 7.28. The fourth-order valence-corrected chi connectivity index (χ4v) is 3.86. The van der Waals surface area contributed by atoms with Crippen molar-refractivity contribution in [3.05, 3.63) is 0 Å². The van der Waals surface area contributed by atoms with Crippen molar-refractivity contribution in [1.82, 2.24) is 10.2 Å². The molecule has 3 nitrogen and oxygen atoms in total. The second kappa shape index (κ2) is 4.22. The average Bonchev–Trinajstić information content (AvgIpc) is 2.88. The van der Waals surface area contributed by atoms with E-state index in [-0.39, 0.29) is 5.54 Å². The quantitative estimate of drug-likeness (QED) is 0.834. The lowest BCUT2D eigenvalue weighted by Gasteiger charge is -2.33. The number of carbonyl (C=O) groups excluding carboxylic acids is 1. The van der Waals surface area contributed by atoms with E-state index in [2.05, 4.69) is 31.0 Å². The molecular formula is C15H26N2O. The molecule has 1 aliphatic heterocycles. The van der Waals surface area contributed by atoms with E-state index in [1.165, 1.54) is 19.3 Å². The number of nitrogens with one attached hydrogen (secondary N) is 1. The number of hydrogen-bond donors (Lipinski definition) is 1. The standard InChI is InChI=1S/C15H26N2O/c1-10(2)9-13-16-15(7-8-15)14(18)17(13)12-6-4-5-11(12)3/h10-13,16H,4-9H2,1-3H3. The highest BCUT2D eigenvalue weighted by atomic mass is 16.2. The number of rotatable bonds is 3. The summed E-state index contributed by atoms with van der Waals surface area (Å²) in [5.41, 5.74) is -0.137. The summed E-state index contributed by atoms with van der Waals surface area (Å²) in [6.45, 7) is 6.82. The molecule has 1 N–H and O–H groups in total. The van der Waals surface area contributed by atoms with Crippen LogP contribution in [0.5, 0.6) is 0 Å². The molecule has 1 heterocycles. The third kappa shape index (κ3) is 1.87. The average molecular weight is 250 g/mol. The minimum Gasteiger partial charge on any atom is -0.322 e. The highest BCUT2D eigenvalue weighted by molar-refractivity contribution is 5.92. The van der Waals surface area contributed by atoms with Crippen molar-refractivity contribution in [3.63, 3.8) is 0 Å². The van der Waals surface area contributed by atoms with E-state index in [1.54, 1.807) is 0 Å². The van der Waals surface area contributed by atoms with Crippen LogP contribution in [-0.2, 0) is 4.79 Å². The molecule has 0 radical (unpaired) electrons. The lowest BCUT2D eigenvalue weighted by atomic mass is 10.0. The Balaban J connectivity index is 1.81. The maximum atomic E-state index is 12.7. The summed E-state index contributed by atoms with van der Waals surface area (Å²) < 4.78 is 0. The summed E-state index contributed by atoms with van der Waals surface area (Å²) in [5.74, 6) is 1.73. The van der Waals surface area contributed by atoms with Gasteiger partial charge in [0.2, 0.25) is 5.91 Å². The molecule has 0 aromatic carbocycles. The first-order valence-electron chi connectivity index (χ1n) is 7.64. The van der Waals surface area contributed by atoms with Crippen LogP contribution in [0.25, 0.3) is 0 Å². The second-order valence-corrected chi connectivity index (χ2v) is 7.06. The zero-order chi connectivity index (χ0) is 12.9. The van der Waals surface area contributed by atoms with E-state index in [1.807, 2.05) is 0 Å². The molecule has 1 saturated heterocycles. The van der Waals surface area contributed by atoms with Crippen molar-refractivity contribution in [3.8, 4) is 0 Å². The molecule has 3 unspecified atom stereocenters. The monoisotopic (exact) mass is 250 g/mol.